The number of amides is 2. The second-order valence-electron chi connectivity index (χ2n) is 3.53. The van der Waals surface area contributed by atoms with Gasteiger partial charge in [-0.1, -0.05) is 12.1 Å². The molecule has 5 heteroatoms. The topological polar surface area (TPSA) is 70.6 Å². The van der Waals surface area contributed by atoms with Crippen LogP contribution in [0.2, 0.25) is 0 Å². The van der Waals surface area contributed by atoms with Crippen molar-refractivity contribution in [3.8, 4) is 11.5 Å². The summed E-state index contributed by atoms with van der Waals surface area (Å²) in [5.74, 6) is 0.541. The smallest absolute Gasteiger partial charge is 0.315 e. The molecule has 1 saturated heterocycles. The summed E-state index contributed by atoms with van der Waals surface area (Å²) in [6.07, 6.45) is 0. The average molecular weight is 222 g/mol. The number of carbonyl (C=O) groups excluding carboxylic acids is 1. The Balaban J connectivity index is 2.27. The number of ether oxygens (including phenoxy) is 1. The predicted octanol–water partition coefficient (Wildman–Crippen LogP) is 1.14. The molecule has 1 aliphatic rings. The molecule has 1 aromatic carbocycles. The Hall–Kier alpha value is -1.91. The van der Waals surface area contributed by atoms with E-state index >= 15 is 0 Å². The Morgan fingerprint density at radius 3 is 3.00 bits per heavy atom. The standard InChI is InChI=1S/C11H14N2O3/c1-2-16-9-5-3-4-7(10(9)14)8-6-12-11(15)13-8/h3-5,8,14H,2,6H2,1H3,(H2,12,13,15)/t8-/m0/s1. The van der Waals surface area contributed by atoms with Gasteiger partial charge in [-0.25, -0.2) is 4.79 Å². The third kappa shape index (κ3) is 1.88. The molecule has 0 aliphatic carbocycles. The highest BCUT2D eigenvalue weighted by Gasteiger charge is 2.25. The van der Waals surface area contributed by atoms with Crippen LogP contribution in [-0.4, -0.2) is 24.3 Å². The van der Waals surface area contributed by atoms with E-state index in [4.69, 9.17) is 4.74 Å². The number of benzene rings is 1. The van der Waals surface area contributed by atoms with E-state index < -0.39 is 0 Å². The number of urea groups is 1. The Morgan fingerprint density at radius 2 is 2.38 bits per heavy atom. The molecule has 2 amide bonds. The summed E-state index contributed by atoms with van der Waals surface area (Å²) in [7, 11) is 0. The van der Waals surface area contributed by atoms with Gasteiger partial charge in [-0.2, -0.15) is 0 Å². The van der Waals surface area contributed by atoms with Gasteiger partial charge in [-0.05, 0) is 13.0 Å². The zero-order valence-corrected chi connectivity index (χ0v) is 8.99. The Bertz CT molecular complexity index is 406. The van der Waals surface area contributed by atoms with E-state index in [9.17, 15) is 9.90 Å². The minimum atomic E-state index is -0.216. The normalized spacial score (nSPS) is 19.1. The average Bonchev–Trinajstić information content (AvgIpc) is 2.68. The number of nitrogens with one attached hydrogen (secondary N) is 2. The highest BCUT2D eigenvalue weighted by atomic mass is 16.5. The number of phenols is 1. The third-order valence-electron chi connectivity index (χ3n) is 2.48. The lowest BCUT2D eigenvalue weighted by Crippen LogP contribution is -2.21. The van der Waals surface area contributed by atoms with E-state index in [-0.39, 0.29) is 17.8 Å². The van der Waals surface area contributed by atoms with Crippen molar-refractivity contribution in [1.29, 1.82) is 0 Å². The van der Waals surface area contributed by atoms with Crippen LogP contribution in [0.15, 0.2) is 18.2 Å². The minimum Gasteiger partial charge on any atom is -0.504 e. The van der Waals surface area contributed by atoms with Crippen molar-refractivity contribution in [2.75, 3.05) is 13.2 Å². The van der Waals surface area contributed by atoms with E-state index in [0.29, 0.717) is 24.5 Å². The molecule has 5 nitrogen and oxygen atoms in total. The van der Waals surface area contributed by atoms with Crippen molar-refractivity contribution >= 4 is 6.03 Å². The molecule has 0 spiro atoms. The highest BCUT2D eigenvalue weighted by Crippen LogP contribution is 2.34. The lowest BCUT2D eigenvalue weighted by molar-refractivity contribution is 0.247. The van der Waals surface area contributed by atoms with E-state index in [2.05, 4.69) is 10.6 Å². The van der Waals surface area contributed by atoms with Crippen LogP contribution in [-0.2, 0) is 0 Å². The molecule has 1 fully saturated rings. The van der Waals surface area contributed by atoms with Gasteiger partial charge in [0.1, 0.15) is 0 Å². The first-order valence-corrected chi connectivity index (χ1v) is 5.21. The first kappa shape index (κ1) is 10.6. The predicted molar refractivity (Wildman–Crippen MR) is 58.6 cm³/mol. The van der Waals surface area contributed by atoms with Crippen molar-refractivity contribution in [3.63, 3.8) is 0 Å². The number of hydrogen-bond donors (Lipinski definition) is 3. The maximum Gasteiger partial charge on any atom is 0.315 e. The zero-order chi connectivity index (χ0) is 11.5. The summed E-state index contributed by atoms with van der Waals surface area (Å²) in [6.45, 7) is 2.82. The van der Waals surface area contributed by atoms with E-state index in [1.54, 1.807) is 18.2 Å². The SMILES string of the molecule is CCOc1cccc([C@@H]2CNC(=O)N2)c1O. The van der Waals surface area contributed by atoms with Gasteiger partial charge in [0.05, 0.1) is 12.6 Å². The molecule has 3 N–H and O–H groups in total. The second kappa shape index (κ2) is 4.30. The van der Waals surface area contributed by atoms with Crippen molar-refractivity contribution in [2.24, 2.45) is 0 Å². The fourth-order valence-corrected chi connectivity index (χ4v) is 1.74. The summed E-state index contributed by atoms with van der Waals surface area (Å²) >= 11 is 0. The summed E-state index contributed by atoms with van der Waals surface area (Å²) in [5, 5.41) is 15.3. The molecule has 0 bridgehead atoms. The number of hydrogen-bond acceptors (Lipinski definition) is 3. The Labute approximate surface area is 93.4 Å². The monoisotopic (exact) mass is 222 g/mol. The van der Waals surface area contributed by atoms with E-state index in [0.717, 1.165) is 0 Å². The molecule has 16 heavy (non-hydrogen) atoms. The quantitative estimate of drug-likeness (QED) is 0.718. The molecule has 0 radical (unpaired) electrons. The summed E-state index contributed by atoms with van der Waals surface area (Å²) in [6, 6.07) is 4.85. The number of carbonyl (C=O) groups is 1. The second-order valence-corrected chi connectivity index (χ2v) is 3.53. The maximum atomic E-state index is 11.0. The van der Waals surface area contributed by atoms with Crippen LogP contribution < -0.4 is 15.4 Å². The molecule has 86 valence electrons. The number of rotatable bonds is 3. The lowest BCUT2D eigenvalue weighted by Gasteiger charge is -2.14. The van der Waals surface area contributed by atoms with Gasteiger partial charge >= 0.3 is 6.03 Å². The first-order valence-electron chi connectivity index (χ1n) is 5.21. The summed E-state index contributed by atoms with van der Waals surface area (Å²) in [5.41, 5.74) is 0.671. The Kier molecular flexibility index (Phi) is 2.85. The number of aromatic hydroxyl groups is 1. The summed E-state index contributed by atoms with van der Waals surface area (Å²) < 4.78 is 5.28. The zero-order valence-electron chi connectivity index (χ0n) is 8.99. The van der Waals surface area contributed by atoms with Gasteiger partial charge in [-0.3, -0.25) is 0 Å². The largest absolute Gasteiger partial charge is 0.504 e. The van der Waals surface area contributed by atoms with Gasteiger partial charge in [-0.15, -0.1) is 0 Å². The summed E-state index contributed by atoms with van der Waals surface area (Å²) in [4.78, 5) is 11.0. The van der Waals surface area contributed by atoms with E-state index in [1.807, 2.05) is 6.92 Å². The molecule has 1 atom stereocenters. The van der Waals surface area contributed by atoms with Gasteiger partial charge < -0.3 is 20.5 Å². The minimum absolute atomic E-state index is 0.0957. The van der Waals surface area contributed by atoms with Gasteiger partial charge in [0, 0.05) is 12.1 Å². The van der Waals surface area contributed by atoms with Gasteiger partial charge in [0.25, 0.3) is 0 Å². The molecule has 1 heterocycles. The van der Waals surface area contributed by atoms with Crippen LogP contribution in [0.1, 0.15) is 18.5 Å². The molecule has 0 saturated carbocycles. The molecular weight excluding hydrogens is 208 g/mol. The van der Waals surface area contributed by atoms with Crippen LogP contribution in [0.25, 0.3) is 0 Å². The van der Waals surface area contributed by atoms with Crippen LogP contribution in [0, 0.1) is 0 Å². The van der Waals surface area contributed by atoms with Crippen molar-refractivity contribution < 1.29 is 14.6 Å². The lowest BCUT2D eigenvalue weighted by atomic mass is 10.1. The highest BCUT2D eigenvalue weighted by molar-refractivity contribution is 5.77. The molecule has 1 aliphatic heterocycles. The molecule has 0 aromatic heterocycles. The molecular formula is C11H14N2O3. The Morgan fingerprint density at radius 1 is 1.56 bits per heavy atom. The third-order valence-corrected chi connectivity index (χ3v) is 2.48. The fourth-order valence-electron chi connectivity index (χ4n) is 1.74. The molecule has 0 unspecified atom stereocenters. The number of phenolic OH excluding ortho intramolecular Hbond substituents is 1. The molecule has 1 aromatic rings. The fraction of sp³-hybridized carbons (Fsp3) is 0.364. The van der Waals surface area contributed by atoms with Crippen molar-refractivity contribution in [3.05, 3.63) is 23.8 Å². The van der Waals surface area contributed by atoms with Crippen molar-refractivity contribution in [1.82, 2.24) is 10.6 Å². The van der Waals surface area contributed by atoms with Gasteiger partial charge in [0.2, 0.25) is 0 Å². The van der Waals surface area contributed by atoms with Crippen LogP contribution in [0.3, 0.4) is 0 Å². The van der Waals surface area contributed by atoms with Gasteiger partial charge in [0.15, 0.2) is 11.5 Å². The van der Waals surface area contributed by atoms with Crippen molar-refractivity contribution in [2.45, 2.75) is 13.0 Å². The number of para-hydroxylation sites is 1. The van der Waals surface area contributed by atoms with E-state index in [1.165, 1.54) is 0 Å². The first-order chi connectivity index (χ1) is 7.72. The van der Waals surface area contributed by atoms with Crippen LogP contribution in [0.5, 0.6) is 11.5 Å². The van der Waals surface area contributed by atoms with Crippen LogP contribution >= 0.6 is 0 Å². The van der Waals surface area contributed by atoms with Crippen LogP contribution in [0.4, 0.5) is 4.79 Å². The maximum absolute atomic E-state index is 11.0. The molecule has 2 rings (SSSR count).